The Morgan fingerprint density at radius 1 is 0.475 bits per heavy atom. The van der Waals surface area contributed by atoms with E-state index < -0.39 is 47.3 Å². The van der Waals surface area contributed by atoms with Crippen LogP contribution in [0.5, 0.6) is 23.0 Å². The molecule has 1 amide bonds. The van der Waals surface area contributed by atoms with E-state index in [2.05, 4.69) is 25.8 Å². The second-order valence-electron chi connectivity index (χ2n) is 11.5. The van der Waals surface area contributed by atoms with Crippen molar-refractivity contribution in [1.29, 1.82) is 0 Å². The highest BCUT2D eigenvalue weighted by Crippen LogP contribution is 2.28. The quantitative estimate of drug-likeness (QED) is 0.0374. The van der Waals surface area contributed by atoms with Gasteiger partial charge in [-0.05, 0) is 91.0 Å². The maximum atomic E-state index is 11.9. The van der Waals surface area contributed by atoms with Crippen molar-refractivity contribution >= 4 is 64.2 Å². The average Bonchev–Trinajstić information content (AvgIpc) is 3.18. The fraction of sp³-hybridized carbons (Fsp3) is 0.0526. The minimum absolute atomic E-state index is 0.00534. The molecular formula is C38H32N6O15. The van der Waals surface area contributed by atoms with Crippen LogP contribution < -0.4 is 11.1 Å². The Morgan fingerprint density at radius 3 is 1.19 bits per heavy atom. The third-order valence-electron chi connectivity index (χ3n) is 7.18. The smallest absolute Gasteiger partial charge is 0.339 e. The summed E-state index contributed by atoms with van der Waals surface area (Å²) in [5.74, 6) is -8.01. The number of amides is 1. The lowest BCUT2D eigenvalue weighted by Gasteiger charge is -2.04. The number of hydrogen-bond donors (Lipinski definition) is 11. The molecule has 5 rings (SSSR count). The number of benzene rings is 5. The van der Waals surface area contributed by atoms with Gasteiger partial charge in [-0.1, -0.05) is 6.07 Å². The van der Waals surface area contributed by atoms with Gasteiger partial charge in [0, 0.05) is 17.8 Å². The van der Waals surface area contributed by atoms with Gasteiger partial charge in [0.2, 0.25) is 0 Å². The Bertz CT molecular complexity index is 2400. The summed E-state index contributed by atoms with van der Waals surface area (Å²) in [5, 5.41) is 98.8. The molecular weight excluding hydrogens is 780 g/mol. The maximum Gasteiger partial charge on any atom is 0.339 e. The van der Waals surface area contributed by atoms with Gasteiger partial charge in [0.1, 0.15) is 45.3 Å². The topological polar surface area (TPSA) is 372 Å². The fourth-order valence-corrected chi connectivity index (χ4v) is 4.32. The molecule has 0 saturated carbocycles. The number of nitrogens with one attached hydrogen (secondary N) is 1. The summed E-state index contributed by atoms with van der Waals surface area (Å²) in [6.45, 7) is 0.00534. The number of carboxylic acids is 5. The number of rotatable bonds is 12. The number of azo groups is 2. The molecule has 0 atom stereocenters. The lowest BCUT2D eigenvalue weighted by molar-refractivity contribution is -0.136. The van der Waals surface area contributed by atoms with Crippen LogP contribution in [0.25, 0.3) is 0 Å². The van der Waals surface area contributed by atoms with Gasteiger partial charge in [-0.3, -0.25) is 9.59 Å². The van der Waals surface area contributed by atoms with Gasteiger partial charge in [-0.2, -0.15) is 20.5 Å². The number of aromatic carboxylic acids is 4. The zero-order chi connectivity index (χ0) is 43.8. The second-order valence-corrected chi connectivity index (χ2v) is 11.5. The number of hydrogen-bond acceptors (Lipinski definition) is 15. The number of carboxylic acid groups (broad SMARTS) is 5. The summed E-state index contributed by atoms with van der Waals surface area (Å²) in [4.78, 5) is 65.5. The second kappa shape index (κ2) is 20.7. The van der Waals surface area contributed by atoms with E-state index in [0.29, 0.717) is 11.4 Å². The molecule has 0 aliphatic heterocycles. The molecule has 0 radical (unpaired) electrons. The summed E-state index contributed by atoms with van der Waals surface area (Å²) in [5.41, 5.74) is 5.67. The predicted molar refractivity (Wildman–Crippen MR) is 204 cm³/mol. The Kier molecular flexibility index (Phi) is 15.6. The number of carbonyl (C=O) groups is 6. The van der Waals surface area contributed by atoms with Crippen molar-refractivity contribution in [2.24, 2.45) is 20.5 Å². The van der Waals surface area contributed by atoms with E-state index in [1.165, 1.54) is 60.7 Å². The number of nitrogen functional groups attached to an aromatic ring is 1. The largest absolute Gasteiger partial charge is 0.507 e. The van der Waals surface area contributed by atoms with Crippen molar-refractivity contribution in [2.45, 2.75) is 6.42 Å². The highest BCUT2D eigenvalue weighted by molar-refractivity contribution is 5.95. The Hall–Kier alpha value is -8.88. The number of aliphatic carboxylic acids is 1. The van der Waals surface area contributed by atoms with Crippen LogP contribution >= 0.6 is 0 Å². The molecule has 0 fully saturated rings. The summed E-state index contributed by atoms with van der Waals surface area (Å²) in [6, 6.07) is 21.1. The van der Waals surface area contributed by atoms with Gasteiger partial charge >= 0.3 is 29.8 Å². The molecule has 0 aliphatic rings. The number of aromatic hydroxyl groups is 4. The molecule has 0 unspecified atom stereocenters. The van der Waals surface area contributed by atoms with E-state index in [0.717, 1.165) is 24.3 Å². The summed E-state index contributed by atoms with van der Waals surface area (Å²) in [7, 11) is 0. The van der Waals surface area contributed by atoms with Crippen molar-refractivity contribution in [3.8, 4) is 23.0 Å². The van der Waals surface area contributed by atoms with Crippen molar-refractivity contribution in [2.75, 3.05) is 12.3 Å². The van der Waals surface area contributed by atoms with Gasteiger partial charge in [0.05, 0.1) is 29.2 Å². The van der Waals surface area contributed by atoms with E-state index in [1.807, 2.05) is 0 Å². The molecule has 0 aromatic heterocycles. The van der Waals surface area contributed by atoms with Crippen molar-refractivity contribution in [3.63, 3.8) is 0 Å². The van der Waals surface area contributed by atoms with E-state index in [1.54, 1.807) is 12.1 Å². The molecule has 0 heterocycles. The van der Waals surface area contributed by atoms with Crippen LogP contribution in [0, 0.1) is 0 Å². The van der Waals surface area contributed by atoms with Crippen LogP contribution in [0.3, 0.4) is 0 Å². The monoisotopic (exact) mass is 812 g/mol. The standard InChI is InChI=1S/C17H15N3O6.C14H10N2O6.C7H7NO3/c21-14-5-4-12(9-13(14)17(25)26)20-19-11-3-1-2-10(8-11)16(24)18-7-6-15(22)23;17-11-3-1-7(5-9(11)13(19)20)15-16-8-2-4-12(18)10(6-8)14(21)22;8-4-1-2-6(9)5(3-4)7(10)11/h1-5,8-9,21H,6-7H2,(H,18,24)(H,22,23)(H,25,26);1-6,17-18H,(H,19,20)(H,21,22);1-3,9H,8H2,(H,10,11). The lowest BCUT2D eigenvalue weighted by Crippen LogP contribution is -2.25. The van der Waals surface area contributed by atoms with Crippen molar-refractivity contribution in [1.82, 2.24) is 5.32 Å². The summed E-state index contributed by atoms with van der Waals surface area (Å²) >= 11 is 0. The molecule has 5 aromatic rings. The van der Waals surface area contributed by atoms with Gasteiger partial charge < -0.3 is 57.0 Å². The van der Waals surface area contributed by atoms with E-state index in [-0.39, 0.29) is 69.3 Å². The zero-order valence-corrected chi connectivity index (χ0v) is 30.0. The minimum atomic E-state index is -1.31. The Labute approximate surface area is 330 Å². The maximum absolute atomic E-state index is 11.9. The molecule has 59 heavy (non-hydrogen) atoms. The molecule has 5 aromatic carbocycles. The number of carbonyl (C=O) groups excluding carboxylic acids is 1. The molecule has 304 valence electrons. The number of nitrogens with two attached hydrogens (primary N) is 1. The molecule has 21 nitrogen and oxygen atoms in total. The first-order valence-electron chi connectivity index (χ1n) is 16.3. The van der Waals surface area contributed by atoms with Crippen LogP contribution in [-0.4, -0.2) is 88.3 Å². The van der Waals surface area contributed by atoms with Gasteiger partial charge in [-0.15, -0.1) is 0 Å². The number of phenols is 4. The van der Waals surface area contributed by atoms with Gasteiger partial charge in [0.15, 0.2) is 0 Å². The fourth-order valence-electron chi connectivity index (χ4n) is 4.32. The SMILES string of the molecule is Nc1ccc(O)c(C(=O)O)c1.O=C(O)CCNC(=O)c1cccc(N=Nc2ccc(O)c(C(=O)O)c2)c1.O=C(O)c1cc(N=Nc2ccc(O)c(C(=O)O)c2)ccc1O. The molecule has 0 saturated heterocycles. The predicted octanol–water partition coefficient (Wildman–Crippen LogP) is 6.29. The van der Waals surface area contributed by atoms with Crippen LogP contribution in [0.2, 0.25) is 0 Å². The summed E-state index contributed by atoms with van der Waals surface area (Å²) in [6.07, 6.45) is -0.183. The highest BCUT2D eigenvalue weighted by Gasteiger charge is 2.13. The zero-order valence-electron chi connectivity index (χ0n) is 30.0. The van der Waals surface area contributed by atoms with Crippen molar-refractivity contribution < 1.29 is 74.7 Å². The molecule has 0 aliphatic carbocycles. The van der Waals surface area contributed by atoms with E-state index in [4.69, 9.17) is 36.4 Å². The first kappa shape index (κ1) is 44.5. The molecule has 12 N–H and O–H groups in total. The first-order valence-corrected chi connectivity index (χ1v) is 16.3. The Morgan fingerprint density at radius 2 is 0.831 bits per heavy atom. The van der Waals surface area contributed by atoms with E-state index >= 15 is 0 Å². The third-order valence-corrected chi connectivity index (χ3v) is 7.18. The van der Waals surface area contributed by atoms with Crippen LogP contribution in [0.4, 0.5) is 28.4 Å². The lowest BCUT2D eigenvalue weighted by atomic mass is 10.2. The molecule has 0 bridgehead atoms. The highest BCUT2D eigenvalue weighted by atomic mass is 16.4. The third kappa shape index (κ3) is 13.7. The van der Waals surface area contributed by atoms with Crippen LogP contribution in [0.15, 0.2) is 118 Å². The molecule has 0 spiro atoms. The first-order chi connectivity index (χ1) is 27.9. The average molecular weight is 813 g/mol. The molecule has 21 heteroatoms. The normalized spacial score (nSPS) is 10.4. The van der Waals surface area contributed by atoms with Crippen molar-refractivity contribution in [3.05, 3.63) is 125 Å². The number of nitrogens with zero attached hydrogens (tertiary/aromatic N) is 4. The summed E-state index contributed by atoms with van der Waals surface area (Å²) < 4.78 is 0. The van der Waals surface area contributed by atoms with Crippen LogP contribution in [-0.2, 0) is 4.79 Å². The van der Waals surface area contributed by atoms with E-state index in [9.17, 15) is 44.1 Å². The Balaban J connectivity index is 0.000000255. The van der Waals surface area contributed by atoms with Gasteiger partial charge in [0.25, 0.3) is 5.91 Å². The minimum Gasteiger partial charge on any atom is -0.507 e. The van der Waals surface area contributed by atoms with Crippen LogP contribution in [0.1, 0.15) is 58.2 Å². The van der Waals surface area contributed by atoms with Gasteiger partial charge in [-0.25, -0.2) is 19.2 Å². The number of anilines is 1.